The van der Waals surface area contributed by atoms with Crippen molar-refractivity contribution in [2.24, 2.45) is 11.1 Å². The summed E-state index contributed by atoms with van der Waals surface area (Å²) in [5.41, 5.74) is 7.25. The average molecular weight is 244 g/mol. The van der Waals surface area contributed by atoms with E-state index in [-0.39, 0.29) is 11.5 Å². The van der Waals surface area contributed by atoms with Gasteiger partial charge < -0.3 is 5.73 Å². The van der Waals surface area contributed by atoms with Gasteiger partial charge in [-0.1, -0.05) is 49.2 Å². The lowest BCUT2D eigenvalue weighted by Crippen LogP contribution is -2.52. The summed E-state index contributed by atoms with van der Waals surface area (Å²) in [5.74, 6) is 0.429. The normalized spacial score (nSPS) is 28.6. The van der Waals surface area contributed by atoms with Crippen molar-refractivity contribution in [3.8, 4) is 0 Å². The zero-order valence-corrected chi connectivity index (χ0v) is 10.4. The molecule has 0 bridgehead atoms. The van der Waals surface area contributed by atoms with Crippen molar-refractivity contribution in [3.63, 3.8) is 0 Å². The van der Waals surface area contributed by atoms with Gasteiger partial charge in [-0.2, -0.15) is 0 Å². The maximum Gasteiger partial charge on any atom is 0.0627 e. The lowest BCUT2D eigenvalue weighted by Gasteiger charge is -2.51. The third-order valence-corrected chi connectivity index (χ3v) is 4.53. The minimum atomic E-state index is 0.119. The first-order chi connectivity index (χ1) is 6.94. The lowest BCUT2D eigenvalue weighted by molar-refractivity contribution is 0.0985. The summed E-state index contributed by atoms with van der Waals surface area (Å²) in [4.78, 5) is 0. The second-order valence-electron chi connectivity index (χ2n) is 4.86. The van der Waals surface area contributed by atoms with Crippen molar-refractivity contribution < 1.29 is 0 Å². The molecule has 1 fully saturated rings. The fourth-order valence-electron chi connectivity index (χ4n) is 2.28. The molecule has 1 aromatic rings. The highest BCUT2D eigenvalue weighted by Gasteiger charge is 2.47. The number of benzene rings is 1. The highest BCUT2D eigenvalue weighted by molar-refractivity contribution is 6.42. The van der Waals surface area contributed by atoms with Crippen LogP contribution in [-0.2, 0) is 0 Å². The molecule has 0 spiro atoms. The van der Waals surface area contributed by atoms with Crippen LogP contribution in [0.15, 0.2) is 18.2 Å². The van der Waals surface area contributed by atoms with E-state index in [9.17, 15) is 0 Å². The van der Waals surface area contributed by atoms with Crippen LogP contribution in [0.2, 0.25) is 10.0 Å². The van der Waals surface area contributed by atoms with Gasteiger partial charge in [0.2, 0.25) is 0 Å². The smallest absolute Gasteiger partial charge is 0.0627 e. The van der Waals surface area contributed by atoms with E-state index in [1.807, 2.05) is 18.2 Å². The van der Waals surface area contributed by atoms with E-state index in [1.54, 1.807) is 0 Å². The van der Waals surface area contributed by atoms with Crippen LogP contribution in [-0.4, -0.2) is 6.04 Å². The molecule has 1 aliphatic carbocycles. The minimum Gasteiger partial charge on any atom is -0.327 e. The molecule has 0 aromatic heterocycles. The fraction of sp³-hybridized carbons (Fsp3) is 0.500. The van der Waals surface area contributed by atoms with Gasteiger partial charge >= 0.3 is 0 Å². The van der Waals surface area contributed by atoms with Crippen molar-refractivity contribution in [1.82, 2.24) is 0 Å². The molecular formula is C12H15Cl2N. The van der Waals surface area contributed by atoms with Gasteiger partial charge in [-0.3, -0.25) is 0 Å². The van der Waals surface area contributed by atoms with Crippen molar-refractivity contribution >= 4 is 23.2 Å². The SMILES string of the molecule is CC1(C)C(N)CC1c1cccc(Cl)c1Cl. The Morgan fingerprint density at radius 3 is 2.53 bits per heavy atom. The maximum absolute atomic E-state index is 6.20. The summed E-state index contributed by atoms with van der Waals surface area (Å²) in [6.07, 6.45) is 0.993. The third-order valence-electron chi connectivity index (χ3n) is 3.70. The van der Waals surface area contributed by atoms with E-state index in [0.717, 1.165) is 12.0 Å². The van der Waals surface area contributed by atoms with E-state index in [4.69, 9.17) is 28.9 Å². The molecular weight excluding hydrogens is 229 g/mol. The predicted molar refractivity (Wildman–Crippen MR) is 65.6 cm³/mol. The Labute approximate surface area is 101 Å². The first-order valence-corrected chi connectivity index (χ1v) is 5.89. The maximum atomic E-state index is 6.20. The molecule has 0 heterocycles. The number of rotatable bonds is 1. The molecule has 15 heavy (non-hydrogen) atoms. The van der Waals surface area contributed by atoms with Crippen LogP contribution < -0.4 is 5.73 Å². The molecule has 0 radical (unpaired) electrons. The topological polar surface area (TPSA) is 26.0 Å². The third kappa shape index (κ3) is 1.67. The molecule has 0 aliphatic heterocycles. The standard InChI is InChI=1S/C12H15Cl2N/c1-12(2)8(6-10(12)15)7-4-3-5-9(13)11(7)14/h3-5,8,10H,6,15H2,1-2H3. The minimum absolute atomic E-state index is 0.119. The Bertz CT molecular complexity index is 387. The highest BCUT2D eigenvalue weighted by atomic mass is 35.5. The second kappa shape index (κ2) is 3.65. The van der Waals surface area contributed by atoms with Gasteiger partial charge in [0.15, 0.2) is 0 Å². The van der Waals surface area contributed by atoms with Crippen molar-refractivity contribution in [2.45, 2.75) is 32.2 Å². The van der Waals surface area contributed by atoms with E-state index in [2.05, 4.69) is 13.8 Å². The molecule has 2 unspecified atom stereocenters. The van der Waals surface area contributed by atoms with E-state index >= 15 is 0 Å². The molecule has 2 N–H and O–H groups in total. The number of hydrogen-bond acceptors (Lipinski definition) is 1. The van der Waals surface area contributed by atoms with Gasteiger partial charge in [0.1, 0.15) is 0 Å². The highest BCUT2D eigenvalue weighted by Crippen LogP contribution is 2.53. The molecule has 0 amide bonds. The van der Waals surface area contributed by atoms with Gasteiger partial charge in [0.25, 0.3) is 0 Å². The Morgan fingerprint density at radius 1 is 1.33 bits per heavy atom. The second-order valence-corrected chi connectivity index (χ2v) is 5.64. The largest absolute Gasteiger partial charge is 0.327 e. The molecule has 1 nitrogen and oxygen atoms in total. The van der Waals surface area contributed by atoms with Crippen molar-refractivity contribution in [2.75, 3.05) is 0 Å². The molecule has 82 valence electrons. The quantitative estimate of drug-likeness (QED) is 0.798. The van der Waals surface area contributed by atoms with Crippen LogP contribution in [0.4, 0.5) is 0 Å². The van der Waals surface area contributed by atoms with Crippen LogP contribution in [0.5, 0.6) is 0 Å². The van der Waals surface area contributed by atoms with Gasteiger partial charge in [-0.05, 0) is 29.4 Å². The van der Waals surface area contributed by atoms with Crippen molar-refractivity contribution in [1.29, 1.82) is 0 Å². The Balaban J connectivity index is 2.36. The predicted octanol–water partition coefficient (Wildman–Crippen LogP) is 3.83. The fourth-order valence-corrected chi connectivity index (χ4v) is 2.72. The molecule has 2 rings (SSSR count). The van der Waals surface area contributed by atoms with Gasteiger partial charge in [-0.15, -0.1) is 0 Å². The van der Waals surface area contributed by atoms with Crippen LogP contribution in [0.3, 0.4) is 0 Å². The first kappa shape index (κ1) is 11.3. The average Bonchev–Trinajstić information content (AvgIpc) is 2.19. The summed E-state index contributed by atoms with van der Waals surface area (Å²) < 4.78 is 0. The molecule has 2 atom stereocenters. The Hall–Kier alpha value is -0.240. The summed E-state index contributed by atoms with van der Waals surface area (Å²) in [6.45, 7) is 4.37. The molecule has 1 aliphatic rings. The van der Waals surface area contributed by atoms with E-state index < -0.39 is 0 Å². The summed E-state index contributed by atoms with van der Waals surface area (Å²) in [7, 11) is 0. The van der Waals surface area contributed by atoms with Crippen LogP contribution in [0.25, 0.3) is 0 Å². The zero-order valence-electron chi connectivity index (χ0n) is 8.93. The Kier molecular flexibility index (Phi) is 2.74. The Morgan fingerprint density at radius 2 is 2.00 bits per heavy atom. The van der Waals surface area contributed by atoms with Gasteiger partial charge in [-0.25, -0.2) is 0 Å². The number of nitrogens with two attached hydrogens (primary N) is 1. The lowest BCUT2D eigenvalue weighted by atomic mass is 9.57. The first-order valence-electron chi connectivity index (χ1n) is 5.14. The summed E-state index contributed by atoms with van der Waals surface area (Å²) >= 11 is 12.2. The number of halogens is 2. The summed E-state index contributed by atoms with van der Waals surface area (Å²) in [6, 6.07) is 6.08. The van der Waals surface area contributed by atoms with E-state index in [0.29, 0.717) is 16.0 Å². The zero-order chi connectivity index (χ0) is 11.2. The van der Waals surface area contributed by atoms with Crippen molar-refractivity contribution in [3.05, 3.63) is 33.8 Å². The van der Waals surface area contributed by atoms with Crippen LogP contribution in [0.1, 0.15) is 31.7 Å². The van der Waals surface area contributed by atoms with Gasteiger partial charge in [0, 0.05) is 6.04 Å². The molecule has 0 saturated heterocycles. The van der Waals surface area contributed by atoms with E-state index in [1.165, 1.54) is 0 Å². The summed E-state index contributed by atoms with van der Waals surface area (Å²) in [5, 5.41) is 1.31. The number of hydrogen-bond donors (Lipinski definition) is 1. The van der Waals surface area contributed by atoms with Gasteiger partial charge in [0.05, 0.1) is 10.0 Å². The molecule has 1 aromatic carbocycles. The van der Waals surface area contributed by atoms with Crippen LogP contribution >= 0.6 is 23.2 Å². The molecule has 1 saturated carbocycles. The molecule has 3 heteroatoms. The monoisotopic (exact) mass is 243 g/mol. The van der Waals surface area contributed by atoms with Crippen LogP contribution in [0, 0.1) is 5.41 Å².